The first kappa shape index (κ1) is 20.6. The van der Waals surface area contributed by atoms with Crippen molar-refractivity contribution in [2.45, 2.75) is 18.6 Å². The van der Waals surface area contributed by atoms with Gasteiger partial charge in [-0.05, 0) is 48.5 Å². The van der Waals surface area contributed by atoms with Gasteiger partial charge in [-0.1, -0.05) is 11.6 Å². The molecule has 8 nitrogen and oxygen atoms in total. The number of rotatable bonds is 5. The number of halogens is 1. The summed E-state index contributed by atoms with van der Waals surface area (Å²) in [5.74, 6) is -1.43. The third kappa shape index (κ3) is 5.04. The third-order valence-electron chi connectivity index (χ3n) is 4.65. The molecule has 3 N–H and O–H groups in total. The van der Waals surface area contributed by atoms with Crippen molar-refractivity contribution >= 4 is 40.9 Å². The number of urea groups is 1. The van der Waals surface area contributed by atoms with Gasteiger partial charge in [0.1, 0.15) is 6.04 Å². The summed E-state index contributed by atoms with van der Waals surface area (Å²) < 4.78 is 5.35. The van der Waals surface area contributed by atoms with Crippen LogP contribution in [0.4, 0.5) is 16.2 Å². The number of likely N-dealkylation sites (tertiary alicyclic amines) is 1. The predicted molar refractivity (Wildman–Crippen MR) is 108 cm³/mol. The van der Waals surface area contributed by atoms with Crippen molar-refractivity contribution in [3.63, 3.8) is 0 Å². The second-order valence-electron chi connectivity index (χ2n) is 6.57. The molecule has 29 heavy (non-hydrogen) atoms. The lowest BCUT2D eigenvalue weighted by molar-refractivity contribution is -0.119. The Balaban J connectivity index is 1.70. The minimum atomic E-state index is -1.05. The topological polar surface area (TPSA) is 108 Å². The second kappa shape index (κ2) is 8.93. The zero-order valence-electron chi connectivity index (χ0n) is 15.6. The fourth-order valence-electron chi connectivity index (χ4n) is 3.09. The van der Waals surface area contributed by atoms with E-state index in [4.69, 9.17) is 21.4 Å². The van der Waals surface area contributed by atoms with Gasteiger partial charge in [0.05, 0.1) is 11.7 Å². The number of benzene rings is 2. The van der Waals surface area contributed by atoms with Gasteiger partial charge in [-0.3, -0.25) is 4.79 Å². The number of carbonyl (C=O) groups excluding carboxylic acids is 2. The number of nitrogens with one attached hydrogen (secondary N) is 2. The van der Waals surface area contributed by atoms with Crippen LogP contribution in [0.25, 0.3) is 0 Å². The molecular weight excluding hydrogens is 398 g/mol. The molecule has 2 unspecified atom stereocenters. The lowest BCUT2D eigenvalue weighted by Gasteiger charge is -2.24. The molecule has 0 radical (unpaired) electrons. The van der Waals surface area contributed by atoms with E-state index in [1.165, 1.54) is 36.3 Å². The molecule has 0 spiro atoms. The van der Waals surface area contributed by atoms with Crippen LogP contribution in [0.5, 0.6) is 0 Å². The zero-order valence-corrected chi connectivity index (χ0v) is 16.3. The van der Waals surface area contributed by atoms with Gasteiger partial charge < -0.3 is 25.4 Å². The third-order valence-corrected chi connectivity index (χ3v) is 4.91. The lowest BCUT2D eigenvalue weighted by Crippen LogP contribution is -2.45. The molecule has 1 fully saturated rings. The van der Waals surface area contributed by atoms with Gasteiger partial charge in [-0.2, -0.15) is 0 Å². The highest BCUT2D eigenvalue weighted by molar-refractivity contribution is 6.30. The summed E-state index contributed by atoms with van der Waals surface area (Å²) in [6.07, 6.45) is 0.0833. The van der Waals surface area contributed by atoms with E-state index in [0.29, 0.717) is 22.8 Å². The molecule has 2 aromatic rings. The number of carbonyl (C=O) groups is 3. The second-order valence-corrected chi connectivity index (χ2v) is 7.01. The molecule has 0 saturated carbocycles. The summed E-state index contributed by atoms with van der Waals surface area (Å²) in [7, 11) is 1.53. The van der Waals surface area contributed by atoms with Crippen molar-refractivity contribution in [3.8, 4) is 0 Å². The minimum Gasteiger partial charge on any atom is -0.478 e. The number of nitrogens with zero attached hydrogens (tertiary/aromatic N) is 1. The standard InChI is InChI=1S/C20H20ClN3O5/c1-29-16-10-17(18(25)22-14-6-2-12(3-7-14)19(26)27)24(11-16)20(28)23-15-8-4-13(21)5-9-15/h2-9,16-17H,10-11H2,1H3,(H,22,25)(H,23,28)(H,26,27). The van der Waals surface area contributed by atoms with E-state index in [9.17, 15) is 14.4 Å². The fraction of sp³-hybridized carbons (Fsp3) is 0.250. The van der Waals surface area contributed by atoms with Crippen LogP contribution in [0.1, 0.15) is 16.8 Å². The Morgan fingerprint density at radius 1 is 1.03 bits per heavy atom. The number of ether oxygens (including phenoxy) is 1. The molecule has 0 aliphatic carbocycles. The first-order valence-corrected chi connectivity index (χ1v) is 9.25. The molecule has 9 heteroatoms. The van der Waals surface area contributed by atoms with Crippen LogP contribution < -0.4 is 10.6 Å². The summed E-state index contributed by atoms with van der Waals surface area (Å²) in [6.45, 7) is 0.270. The van der Waals surface area contributed by atoms with E-state index in [1.807, 2.05) is 0 Å². The number of anilines is 2. The molecule has 0 aromatic heterocycles. The number of aromatic carboxylic acids is 1. The summed E-state index contributed by atoms with van der Waals surface area (Å²) in [5, 5.41) is 15.0. The van der Waals surface area contributed by atoms with Gasteiger partial charge in [0, 0.05) is 36.5 Å². The van der Waals surface area contributed by atoms with Gasteiger partial charge in [0.25, 0.3) is 0 Å². The number of hydrogen-bond acceptors (Lipinski definition) is 4. The number of carboxylic acid groups (broad SMARTS) is 1. The van der Waals surface area contributed by atoms with Crippen molar-refractivity contribution < 1.29 is 24.2 Å². The monoisotopic (exact) mass is 417 g/mol. The Bertz CT molecular complexity index is 901. The average Bonchev–Trinajstić information content (AvgIpc) is 3.15. The summed E-state index contributed by atoms with van der Waals surface area (Å²) >= 11 is 5.86. The molecule has 1 aliphatic rings. The van der Waals surface area contributed by atoms with Crippen molar-refractivity contribution in [2.75, 3.05) is 24.3 Å². The van der Waals surface area contributed by atoms with Crippen LogP contribution in [0, 0.1) is 0 Å². The first-order valence-electron chi connectivity index (χ1n) is 8.87. The van der Waals surface area contributed by atoms with Gasteiger partial charge in [-0.15, -0.1) is 0 Å². The SMILES string of the molecule is COC1CC(C(=O)Nc2ccc(C(=O)O)cc2)N(C(=O)Nc2ccc(Cl)cc2)C1. The lowest BCUT2D eigenvalue weighted by atomic mass is 10.1. The van der Waals surface area contributed by atoms with Crippen LogP contribution in [0.2, 0.25) is 5.02 Å². The van der Waals surface area contributed by atoms with Crippen molar-refractivity contribution in [3.05, 3.63) is 59.1 Å². The summed E-state index contributed by atoms with van der Waals surface area (Å²) in [6, 6.07) is 11.3. The smallest absolute Gasteiger partial charge is 0.335 e. The molecule has 2 atom stereocenters. The van der Waals surface area contributed by atoms with Crippen LogP contribution in [-0.2, 0) is 9.53 Å². The van der Waals surface area contributed by atoms with Gasteiger partial charge >= 0.3 is 12.0 Å². The molecule has 2 aromatic carbocycles. The number of hydrogen-bond donors (Lipinski definition) is 3. The predicted octanol–water partition coefficient (Wildman–Crippen LogP) is 3.30. The van der Waals surface area contributed by atoms with Crippen LogP contribution in [-0.4, -0.2) is 53.7 Å². The van der Waals surface area contributed by atoms with Gasteiger partial charge in [0.2, 0.25) is 5.91 Å². The highest BCUT2D eigenvalue weighted by Crippen LogP contribution is 2.23. The number of carboxylic acids is 1. The van der Waals surface area contributed by atoms with Crippen LogP contribution >= 0.6 is 11.6 Å². The molecule has 1 heterocycles. The van der Waals surface area contributed by atoms with E-state index < -0.39 is 18.0 Å². The van der Waals surface area contributed by atoms with Gasteiger partial charge in [0.15, 0.2) is 0 Å². The van der Waals surface area contributed by atoms with Gasteiger partial charge in [-0.25, -0.2) is 9.59 Å². The van der Waals surface area contributed by atoms with E-state index in [1.54, 1.807) is 24.3 Å². The Morgan fingerprint density at radius 2 is 1.62 bits per heavy atom. The molecule has 3 rings (SSSR count). The highest BCUT2D eigenvalue weighted by atomic mass is 35.5. The van der Waals surface area contributed by atoms with E-state index in [2.05, 4.69) is 10.6 Å². The highest BCUT2D eigenvalue weighted by Gasteiger charge is 2.40. The number of amides is 3. The van der Waals surface area contributed by atoms with E-state index in [-0.39, 0.29) is 24.1 Å². The number of methoxy groups -OCH3 is 1. The molecular formula is C20H20ClN3O5. The molecule has 1 aliphatic heterocycles. The van der Waals surface area contributed by atoms with Crippen molar-refractivity contribution in [1.82, 2.24) is 4.90 Å². The first-order chi connectivity index (χ1) is 13.9. The van der Waals surface area contributed by atoms with Crippen molar-refractivity contribution in [2.24, 2.45) is 0 Å². The van der Waals surface area contributed by atoms with Crippen LogP contribution in [0.3, 0.4) is 0 Å². The summed E-state index contributed by atoms with van der Waals surface area (Å²) in [5.41, 5.74) is 1.12. The van der Waals surface area contributed by atoms with E-state index >= 15 is 0 Å². The Kier molecular flexibility index (Phi) is 6.36. The zero-order chi connectivity index (χ0) is 21.0. The molecule has 152 valence electrons. The minimum absolute atomic E-state index is 0.118. The average molecular weight is 418 g/mol. The molecule has 3 amide bonds. The fourth-order valence-corrected chi connectivity index (χ4v) is 3.22. The normalized spacial score (nSPS) is 18.3. The Labute approximate surface area is 172 Å². The quantitative estimate of drug-likeness (QED) is 0.691. The Hall–Kier alpha value is -3.10. The molecule has 1 saturated heterocycles. The Morgan fingerprint density at radius 3 is 2.21 bits per heavy atom. The van der Waals surface area contributed by atoms with E-state index in [0.717, 1.165) is 0 Å². The maximum Gasteiger partial charge on any atom is 0.335 e. The molecule has 0 bridgehead atoms. The summed E-state index contributed by atoms with van der Waals surface area (Å²) in [4.78, 5) is 37.9. The van der Waals surface area contributed by atoms with Crippen LogP contribution in [0.15, 0.2) is 48.5 Å². The largest absolute Gasteiger partial charge is 0.478 e. The van der Waals surface area contributed by atoms with Crippen molar-refractivity contribution in [1.29, 1.82) is 0 Å². The maximum atomic E-state index is 12.8. The maximum absolute atomic E-state index is 12.8.